The molecule has 1 aromatic rings. The van der Waals surface area contributed by atoms with E-state index in [1.54, 1.807) is 0 Å². The third-order valence-corrected chi connectivity index (χ3v) is 5.62. The lowest BCUT2D eigenvalue weighted by Crippen LogP contribution is -2.36. The summed E-state index contributed by atoms with van der Waals surface area (Å²) in [6, 6.07) is 8.30. The Kier molecular flexibility index (Phi) is 7.20. The third kappa shape index (κ3) is 4.60. The standard InChI is InChI=1S/C20H19Cl4NO2/c1-10(2)25(11(3)4)13-7-5-12(6-8-13)15(21)9-14-16(22)20(27)18(24)17(23)19(14)26/h5-11H,1-4H3/b15-9+. The Morgan fingerprint density at radius 3 is 1.81 bits per heavy atom. The summed E-state index contributed by atoms with van der Waals surface area (Å²) in [5.74, 6) is -1.33. The van der Waals surface area contributed by atoms with Crippen molar-refractivity contribution in [3.05, 3.63) is 56.6 Å². The van der Waals surface area contributed by atoms with Crippen molar-refractivity contribution < 1.29 is 9.59 Å². The minimum Gasteiger partial charge on any atom is -0.367 e. The second-order valence-electron chi connectivity index (χ2n) is 6.65. The van der Waals surface area contributed by atoms with Crippen molar-refractivity contribution in [2.45, 2.75) is 39.8 Å². The molecule has 0 unspecified atom stereocenters. The maximum absolute atomic E-state index is 12.3. The molecule has 0 bridgehead atoms. The van der Waals surface area contributed by atoms with Gasteiger partial charge in [0.1, 0.15) is 15.1 Å². The number of benzene rings is 1. The van der Waals surface area contributed by atoms with Gasteiger partial charge in [-0.3, -0.25) is 9.59 Å². The molecule has 1 aliphatic rings. The van der Waals surface area contributed by atoms with Crippen molar-refractivity contribution in [2.75, 3.05) is 4.90 Å². The number of halogens is 4. The fourth-order valence-corrected chi connectivity index (χ4v) is 3.85. The van der Waals surface area contributed by atoms with Gasteiger partial charge in [0.2, 0.25) is 11.6 Å². The number of Topliss-reactive ketones (excluding diaryl/α,β-unsaturated/α-hetero) is 2. The Morgan fingerprint density at radius 1 is 0.852 bits per heavy atom. The Labute approximate surface area is 179 Å². The number of carbonyl (C=O) groups is 2. The molecule has 3 nitrogen and oxygen atoms in total. The van der Waals surface area contributed by atoms with E-state index < -0.39 is 11.6 Å². The van der Waals surface area contributed by atoms with Gasteiger partial charge in [0, 0.05) is 28.4 Å². The lowest BCUT2D eigenvalue weighted by molar-refractivity contribution is -0.115. The minimum atomic E-state index is -0.696. The smallest absolute Gasteiger partial charge is 0.218 e. The Bertz CT molecular complexity index is 856. The van der Waals surface area contributed by atoms with Crippen LogP contribution in [0.15, 0.2) is 51.0 Å². The van der Waals surface area contributed by atoms with Crippen LogP contribution in [0.25, 0.3) is 5.03 Å². The van der Waals surface area contributed by atoms with Crippen LogP contribution in [0.4, 0.5) is 5.69 Å². The zero-order chi connectivity index (χ0) is 20.5. The molecule has 0 aliphatic heterocycles. The molecular weight excluding hydrogens is 428 g/mol. The quantitative estimate of drug-likeness (QED) is 0.503. The molecule has 0 saturated heterocycles. The van der Waals surface area contributed by atoms with Gasteiger partial charge in [-0.25, -0.2) is 0 Å². The van der Waals surface area contributed by atoms with Gasteiger partial charge in [0.05, 0.1) is 0 Å². The summed E-state index contributed by atoms with van der Waals surface area (Å²) in [5.41, 5.74) is 1.67. The van der Waals surface area contributed by atoms with Crippen LogP contribution in [-0.2, 0) is 9.59 Å². The summed E-state index contributed by atoms with van der Waals surface area (Å²) in [6.45, 7) is 8.51. The molecule has 0 N–H and O–H groups in total. The van der Waals surface area contributed by atoms with E-state index in [-0.39, 0.29) is 25.7 Å². The lowest BCUT2D eigenvalue weighted by Gasteiger charge is -2.33. The first-order chi connectivity index (χ1) is 12.6. The maximum Gasteiger partial charge on any atom is 0.218 e. The molecule has 2 rings (SSSR count). The zero-order valence-electron chi connectivity index (χ0n) is 15.3. The molecule has 0 spiro atoms. The molecule has 0 amide bonds. The van der Waals surface area contributed by atoms with E-state index in [2.05, 4.69) is 32.6 Å². The Balaban J connectivity index is 2.37. The average molecular weight is 447 g/mol. The van der Waals surface area contributed by atoms with Gasteiger partial charge in [-0.2, -0.15) is 0 Å². The number of carbonyl (C=O) groups excluding carboxylic acids is 2. The second-order valence-corrected chi connectivity index (χ2v) is 8.19. The molecule has 27 heavy (non-hydrogen) atoms. The first kappa shape index (κ1) is 22.0. The predicted molar refractivity (Wildman–Crippen MR) is 115 cm³/mol. The summed E-state index contributed by atoms with van der Waals surface area (Å²) >= 11 is 23.9. The van der Waals surface area contributed by atoms with Crippen LogP contribution in [0.5, 0.6) is 0 Å². The van der Waals surface area contributed by atoms with E-state index in [1.807, 2.05) is 24.3 Å². The highest BCUT2D eigenvalue weighted by atomic mass is 35.5. The van der Waals surface area contributed by atoms with E-state index in [9.17, 15) is 9.59 Å². The summed E-state index contributed by atoms with van der Waals surface area (Å²) in [7, 11) is 0. The van der Waals surface area contributed by atoms with Crippen LogP contribution >= 0.6 is 46.4 Å². The first-order valence-electron chi connectivity index (χ1n) is 8.36. The monoisotopic (exact) mass is 445 g/mol. The topological polar surface area (TPSA) is 37.4 Å². The highest BCUT2D eigenvalue weighted by Gasteiger charge is 2.31. The van der Waals surface area contributed by atoms with Gasteiger partial charge in [0.15, 0.2) is 0 Å². The molecule has 1 aromatic carbocycles. The molecule has 0 heterocycles. The number of hydrogen-bond donors (Lipinski definition) is 0. The van der Waals surface area contributed by atoms with E-state index in [4.69, 9.17) is 46.4 Å². The van der Waals surface area contributed by atoms with Gasteiger partial charge >= 0.3 is 0 Å². The summed E-state index contributed by atoms with van der Waals surface area (Å²) in [6.07, 6.45) is 1.34. The van der Waals surface area contributed by atoms with Gasteiger partial charge in [-0.15, -0.1) is 0 Å². The number of allylic oxidation sites excluding steroid dienone is 5. The summed E-state index contributed by atoms with van der Waals surface area (Å²) < 4.78 is 0. The summed E-state index contributed by atoms with van der Waals surface area (Å²) in [4.78, 5) is 26.5. The van der Waals surface area contributed by atoms with Crippen LogP contribution < -0.4 is 4.90 Å². The van der Waals surface area contributed by atoms with Gasteiger partial charge in [0.25, 0.3) is 0 Å². The van der Waals surface area contributed by atoms with E-state index in [1.165, 1.54) is 6.08 Å². The largest absolute Gasteiger partial charge is 0.367 e. The molecule has 0 atom stereocenters. The van der Waals surface area contributed by atoms with Crippen LogP contribution in [0.2, 0.25) is 0 Å². The van der Waals surface area contributed by atoms with Gasteiger partial charge < -0.3 is 4.90 Å². The molecule has 0 fully saturated rings. The lowest BCUT2D eigenvalue weighted by atomic mass is 10.0. The maximum atomic E-state index is 12.3. The number of ketones is 2. The van der Waals surface area contributed by atoms with E-state index in [0.717, 1.165) is 5.69 Å². The number of hydrogen-bond acceptors (Lipinski definition) is 3. The van der Waals surface area contributed by atoms with Crippen molar-refractivity contribution in [2.24, 2.45) is 0 Å². The van der Waals surface area contributed by atoms with Crippen LogP contribution in [0.3, 0.4) is 0 Å². The normalized spacial score (nSPS) is 16.1. The fraction of sp³-hybridized carbons (Fsp3) is 0.300. The molecule has 0 aromatic heterocycles. The molecule has 144 valence electrons. The molecular formula is C20H19Cl4NO2. The van der Waals surface area contributed by atoms with Crippen molar-refractivity contribution in [1.82, 2.24) is 0 Å². The van der Waals surface area contributed by atoms with Crippen molar-refractivity contribution >= 4 is 68.7 Å². The second kappa shape index (κ2) is 8.83. The minimum absolute atomic E-state index is 0.0730. The van der Waals surface area contributed by atoms with Crippen molar-refractivity contribution in [3.63, 3.8) is 0 Å². The van der Waals surface area contributed by atoms with Crippen molar-refractivity contribution in [3.8, 4) is 0 Å². The van der Waals surface area contributed by atoms with Crippen molar-refractivity contribution in [1.29, 1.82) is 0 Å². The van der Waals surface area contributed by atoms with Crippen LogP contribution in [0.1, 0.15) is 33.3 Å². The fourth-order valence-electron chi connectivity index (χ4n) is 2.96. The Morgan fingerprint density at radius 2 is 1.33 bits per heavy atom. The number of anilines is 1. The number of nitrogens with zero attached hydrogens (tertiary/aromatic N) is 1. The SMILES string of the molecule is CC(C)N(c1ccc(/C(Cl)=C\C2=C(Cl)C(=O)C(Cl)=C(Cl)C2=O)cc1)C(C)C. The average Bonchev–Trinajstić information content (AvgIpc) is 2.62. The molecule has 0 radical (unpaired) electrons. The van der Waals surface area contributed by atoms with E-state index >= 15 is 0 Å². The predicted octanol–water partition coefficient (Wildman–Crippen LogP) is 6.22. The van der Waals surface area contributed by atoms with Gasteiger partial charge in [-0.1, -0.05) is 58.5 Å². The summed E-state index contributed by atoms with van der Waals surface area (Å²) in [5, 5.41) is -0.776. The van der Waals surface area contributed by atoms with Crippen LogP contribution in [0, 0.1) is 0 Å². The van der Waals surface area contributed by atoms with Gasteiger partial charge in [-0.05, 0) is 51.5 Å². The highest BCUT2D eigenvalue weighted by molar-refractivity contribution is 6.64. The van der Waals surface area contributed by atoms with E-state index in [0.29, 0.717) is 17.6 Å². The van der Waals surface area contributed by atoms with Crippen LogP contribution in [-0.4, -0.2) is 23.7 Å². The zero-order valence-corrected chi connectivity index (χ0v) is 18.3. The number of rotatable bonds is 5. The molecule has 1 aliphatic carbocycles. The highest BCUT2D eigenvalue weighted by Crippen LogP contribution is 2.34. The third-order valence-electron chi connectivity index (χ3n) is 4.10. The molecule has 0 saturated carbocycles. The Hall–Kier alpha value is -1.26. The first-order valence-corrected chi connectivity index (χ1v) is 9.87. The molecule has 7 heteroatoms.